The monoisotopic (exact) mass is 241 g/mol. The number of rotatable bonds is 6. The summed E-state index contributed by atoms with van der Waals surface area (Å²) >= 11 is 0. The van der Waals surface area contributed by atoms with Crippen molar-refractivity contribution in [3.05, 3.63) is 23.3 Å². The van der Waals surface area contributed by atoms with Crippen LogP contribution in [0.25, 0.3) is 0 Å². The van der Waals surface area contributed by atoms with Gasteiger partial charge in [-0.3, -0.25) is 0 Å². The number of benzene rings is 1. The molecule has 0 aromatic heterocycles. The number of ether oxygens (including phenoxy) is 2. The van der Waals surface area contributed by atoms with Crippen LogP contribution in [0.2, 0.25) is 0 Å². The molecule has 0 atom stereocenters. The molecule has 0 unspecified atom stereocenters. The number of carbonyl (C=O) groups is 1. The van der Waals surface area contributed by atoms with Crippen LogP contribution < -0.4 is 15.0 Å². The molecular weight excluding hydrogens is 226 g/mol. The molecule has 1 rings (SSSR count). The topological polar surface area (TPSA) is 77.0 Å². The van der Waals surface area contributed by atoms with Crippen LogP contribution in [0.3, 0.4) is 0 Å². The Morgan fingerprint density at radius 3 is 2.35 bits per heavy atom. The summed E-state index contributed by atoms with van der Waals surface area (Å²) in [6, 6.07) is 3.03. The molecule has 0 saturated heterocycles. The Bertz CT molecular complexity index is 405. The van der Waals surface area contributed by atoms with Crippen molar-refractivity contribution in [2.75, 3.05) is 21.3 Å². The van der Waals surface area contributed by atoms with Gasteiger partial charge in [0.1, 0.15) is 17.1 Å². The van der Waals surface area contributed by atoms with Gasteiger partial charge in [0.2, 0.25) is 0 Å². The van der Waals surface area contributed by atoms with E-state index in [4.69, 9.17) is 19.4 Å². The maximum Gasteiger partial charge on any atom is 0.339 e. The van der Waals surface area contributed by atoms with E-state index in [0.717, 1.165) is 0 Å². The zero-order valence-electron chi connectivity index (χ0n) is 9.94. The SMILES string of the molecule is CONCc1cc(C(=O)O)c(OC)cc1OC. The molecule has 0 saturated carbocycles. The minimum absolute atomic E-state index is 0.0844. The van der Waals surface area contributed by atoms with Crippen molar-refractivity contribution in [1.29, 1.82) is 0 Å². The average Bonchev–Trinajstić information content (AvgIpc) is 2.34. The molecule has 0 aliphatic heterocycles. The Balaban J connectivity index is 3.18. The third-order valence-corrected chi connectivity index (χ3v) is 2.24. The van der Waals surface area contributed by atoms with Crippen LogP contribution in [0.15, 0.2) is 12.1 Å². The number of hydrogen-bond donors (Lipinski definition) is 2. The first-order chi connectivity index (χ1) is 8.13. The highest BCUT2D eigenvalue weighted by atomic mass is 16.6. The highest BCUT2D eigenvalue weighted by molar-refractivity contribution is 5.91. The summed E-state index contributed by atoms with van der Waals surface area (Å²) in [5, 5.41) is 9.04. The predicted molar refractivity (Wildman–Crippen MR) is 60.4 cm³/mol. The minimum Gasteiger partial charge on any atom is -0.496 e. The molecule has 6 nitrogen and oxygen atoms in total. The fourth-order valence-electron chi connectivity index (χ4n) is 1.42. The summed E-state index contributed by atoms with van der Waals surface area (Å²) in [4.78, 5) is 15.8. The van der Waals surface area contributed by atoms with Crippen LogP contribution in [0.4, 0.5) is 0 Å². The van der Waals surface area contributed by atoms with Crippen LogP contribution >= 0.6 is 0 Å². The maximum atomic E-state index is 11.0. The molecule has 0 radical (unpaired) electrons. The first-order valence-electron chi connectivity index (χ1n) is 4.88. The van der Waals surface area contributed by atoms with Crippen LogP contribution in [0.1, 0.15) is 15.9 Å². The molecule has 17 heavy (non-hydrogen) atoms. The van der Waals surface area contributed by atoms with E-state index < -0.39 is 5.97 Å². The summed E-state index contributed by atoms with van der Waals surface area (Å²) in [6.45, 7) is 0.337. The molecular formula is C11H15NO5. The maximum absolute atomic E-state index is 11.0. The Hall–Kier alpha value is -1.79. The number of aromatic carboxylic acids is 1. The van der Waals surface area contributed by atoms with Gasteiger partial charge >= 0.3 is 5.97 Å². The molecule has 0 heterocycles. The number of carboxylic acid groups (broad SMARTS) is 1. The highest BCUT2D eigenvalue weighted by Crippen LogP contribution is 2.29. The van der Waals surface area contributed by atoms with E-state index in [1.54, 1.807) is 0 Å². The molecule has 0 aliphatic carbocycles. The van der Waals surface area contributed by atoms with Gasteiger partial charge in [-0.2, -0.15) is 5.48 Å². The van der Waals surface area contributed by atoms with Gasteiger partial charge < -0.3 is 19.4 Å². The normalized spacial score (nSPS) is 10.1. The first-order valence-corrected chi connectivity index (χ1v) is 4.88. The second-order valence-corrected chi connectivity index (χ2v) is 3.19. The summed E-state index contributed by atoms with van der Waals surface area (Å²) < 4.78 is 10.1. The van der Waals surface area contributed by atoms with Gasteiger partial charge in [0, 0.05) is 18.2 Å². The van der Waals surface area contributed by atoms with Gasteiger partial charge in [-0.15, -0.1) is 0 Å². The van der Waals surface area contributed by atoms with E-state index in [1.165, 1.54) is 33.5 Å². The Labute approximate surface area is 99.1 Å². The van der Waals surface area contributed by atoms with Crippen molar-refractivity contribution in [2.24, 2.45) is 0 Å². The smallest absolute Gasteiger partial charge is 0.339 e. The van der Waals surface area contributed by atoms with Crippen molar-refractivity contribution in [3.8, 4) is 11.5 Å². The fraction of sp³-hybridized carbons (Fsp3) is 0.364. The fourth-order valence-corrected chi connectivity index (χ4v) is 1.42. The quantitative estimate of drug-likeness (QED) is 0.725. The molecule has 0 amide bonds. The van der Waals surface area contributed by atoms with Crippen molar-refractivity contribution in [1.82, 2.24) is 5.48 Å². The zero-order chi connectivity index (χ0) is 12.8. The van der Waals surface area contributed by atoms with Crippen molar-refractivity contribution >= 4 is 5.97 Å². The second kappa shape index (κ2) is 6.07. The molecule has 0 fully saturated rings. The standard InChI is InChI=1S/C11H15NO5/c1-15-9-5-10(16-2)8(11(13)14)4-7(9)6-12-17-3/h4-5,12H,6H2,1-3H3,(H,13,14). The molecule has 1 aromatic rings. The zero-order valence-corrected chi connectivity index (χ0v) is 9.94. The molecule has 2 N–H and O–H groups in total. The van der Waals surface area contributed by atoms with Gasteiger partial charge in [0.05, 0.1) is 21.3 Å². The molecule has 6 heteroatoms. The van der Waals surface area contributed by atoms with E-state index in [2.05, 4.69) is 5.48 Å². The lowest BCUT2D eigenvalue weighted by Crippen LogP contribution is -2.13. The number of hydroxylamine groups is 1. The summed E-state index contributed by atoms with van der Waals surface area (Å²) in [6.07, 6.45) is 0. The first kappa shape index (κ1) is 13.3. The van der Waals surface area contributed by atoms with Crippen LogP contribution in [-0.2, 0) is 11.4 Å². The lowest BCUT2D eigenvalue weighted by Gasteiger charge is -2.12. The predicted octanol–water partition coefficient (Wildman–Crippen LogP) is 1.05. The molecule has 94 valence electrons. The van der Waals surface area contributed by atoms with Crippen LogP contribution in [0, 0.1) is 0 Å². The van der Waals surface area contributed by atoms with E-state index in [9.17, 15) is 4.79 Å². The van der Waals surface area contributed by atoms with Crippen molar-refractivity contribution < 1.29 is 24.2 Å². The van der Waals surface area contributed by atoms with E-state index in [-0.39, 0.29) is 11.3 Å². The lowest BCUT2D eigenvalue weighted by atomic mass is 10.1. The summed E-state index contributed by atoms with van der Waals surface area (Å²) in [5.41, 5.74) is 3.39. The largest absolute Gasteiger partial charge is 0.496 e. The Morgan fingerprint density at radius 2 is 1.88 bits per heavy atom. The van der Waals surface area contributed by atoms with Gasteiger partial charge in [-0.05, 0) is 6.07 Å². The van der Waals surface area contributed by atoms with Crippen molar-refractivity contribution in [2.45, 2.75) is 6.54 Å². The summed E-state index contributed by atoms with van der Waals surface area (Å²) in [7, 11) is 4.40. The van der Waals surface area contributed by atoms with Gasteiger partial charge in [-0.25, -0.2) is 4.79 Å². The van der Waals surface area contributed by atoms with Crippen LogP contribution in [0.5, 0.6) is 11.5 Å². The number of nitrogens with one attached hydrogen (secondary N) is 1. The molecule has 0 spiro atoms. The van der Waals surface area contributed by atoms with Gasteiger partial charge in [-0.1, -0.05) is 0 Å². The average molecular weight is 241 g/mol. The van der Waals surface area contributed by atoms with Gasteiger partial charge in [0.15, 0.2) is 0 Å². The third kappa shape index (κ3) is 3.08. The number of hydrogen-bond acceptors (Lipinski definition) is 5. The van der Waals surface area contributed by atoms with E-state index >= 15 is 0 Å². The van der Waals surface area contributed by atoms with Crippen LogP contribution in [-0.4, -0.2) is 32.4 Å². The number of carboxylic acids is 1. The molecule has 1 aromatic carbocycles. The van der Waals surface area contributed by atoms with E-state index in [0.29, 0.717) is 17.9 Å². The Morgan fingerprint density at radius 1 is 1.24 bits per heavy atom. The number of methoxy groups -OCH3 is 2. The highest BCUT2D eigenvalue weighted by Gasteiger charge is 2.15. The molecule has 0 bridgehead atoms. The van der Waals surface area contributed by atoms with Crippen molar-refractivity contribution in [3.63, 3.8) is 0 Å². The van der Waals surface area contributed by atoms with Gasteiger partial charge in [0.25, 0.3) is 0 Å². The second-order valence-electron chi connectivity index (χ2n) is 3.19. The third-order valence-electron chi connectivity index (χ3n) is 2.24. The summed E-state index contributed by atoms with van der Waals surface area (Å²) in [5.74, 6) is -0.255. The van der Waals surface area contributed by atoms with E-state index in [1.807, 2.05) is 0 Å². The molecule has 0 aliphatic rings. The Kier molecular flexibility index (Phi) is 4.74. The minimum atomic E-state index is -1.05. The lowest BCUT2D eigenvalue weighted by molar-refractivity contribution is 0.0692.